The van der Waals surface area contributed by atoms with Crippen LogP contribution in [0.15, 0.2) is 30.5 Å². The van der Waals surface area contributed by atoms with Gasteiger partial charge < -0.3 is 10.6 Å². The molecule has 0 fully saturated rings. The van der Waals surface area contributed by atoms with Crippen molar-refractivity contribution in [3.05, 3.63) is 47.2 Å². The van der Waals surface area contributed by atoms with E-state index in [1.165, 1.54) is 5.56 Å². The molecule has 3 heteroatoms. The molecule has 0 spiro atoms. The maximum atomic E-state index is 11.9. The standard InChI is InChI=1S/C15H22N2O/c1-11(2)16-8-5-9-17-15(18)14-7-6-12(3)13(4)10-14/h6-7,10,16H,1,5,8-9H2,2-4H3,(H,17,18). The number of nitrogens with one attached hydrogen (secondary N) is 2. The zero-order valence-electron chi connectivity index (χ0n) is 11.5. The fourth-order valence-electron chi connectivity index (χ4n) is 1.58. The molecule has 0 aliphatic carbocycles. The Bertz CT molecular complexity index is 438. The molecule has 0 aliphatic heterocycles. The maximum Gasteiger partial charge on any atom is 0.251 e. The van der Waals surface area contributed by atoms with Gasteiger partial charge in [-0.1, -0.05) is 12.6 Å². The highest BCUT2D eigenvalue weighted by atomic mass is 16.1. The first-order chi connectivity index (χ1) is 8.50. The number of carbonyl (C=O) groups excluding carboxylic acids is 1. The topological polar surface area (TPSA) is 41.1 Å². The lowest BCUT2D eigenvalue weighted by Gasteiger charge is -2.08. The van der Waals surface area contributed by atoms with Gasteiger partial charge in [-0.15, -0.1) is 0 Å². The summed E-state index contributed by atoms with van der Waals surface area (Å²) in [7, 11) is 0. The van der Waals surface area contributed by atoms with Crippen molar-refractivity contribution in [2.75, 3.05) is 13.1 Å². The summed E-state index contributed by atoms with van der Waals surface area (Å²) in [4.78, 5) is 11.9. The number of amides is 1. The molecule has 3 nitrogen and oxygen atoms in total. The summed E-state index contributed by atoms with van der Waals surface area (Å²) in [5, 5.41) is 6.04. The van der Waals surface area contributed by atoms with Gasteiger partial charge >= 0.3 is 0 Å². The van der Waals surface area contributed by atoms with Crippen LogP contribution in [0.4, 0.5) is 0 Å². The van der Waals surface area contributed by atoms with Crippen LogP contribution in [0.1, 0.15) is 34.8 Å². The summed E-state index contributed by atoms with van der Waals surface area (Å²) in [5.74, 6) is -0.00609. The lowest BCUT2D eigenvalue weighted by Crippen LogP contribution is -2.27. The van der Waals surface area contributed by atoms with Crippen molar-refractivity contribution in [2.24, 2.45) is 0 Å². The van der Waals surface area contributed by atoms with Crippen LogP contribution in [0.2, 0.25) is 0 Å². The lowest BCUT2D eigenvalue weighted by atomic mass is 10.1. The molecule has 0 saturated heterocycles. The van der Waals surface area contributed by atoms with Crippen molar-refractivity contribution < 1.29 is 4.79 Å². The summed E-state index contributed by atoms with van der Waals surface area (Å²) in [6, 6.07) is 5.77. The number of hydrogen-bond acceptors (Lipinski definition) is 2. The third-order valence-electron chi connectivity index (χ3n) is 2.83. The van der Waals surface area contributed by atoms with Gasteiger partial charge in [-0.3, -0.25) is 4.79 Å². The second kappa shape index (κ2) is 6.84. The Morgan fingerprint density at radius 2 is 1.83 bits per heavy atom. The van der Waals surface area contributed by atoms with E-state index in [4.69, 9.17) is 0 Å². The first kappa shape index (κ1) is 14.3. The number of aryl methyl sites for hydroxylation is 2. The van der Waals surface area contributed by atoms with E-state index in [1.807, 2.05) is 39.0 Å². The average molecular weight is 246 g/mol. The minimum absolute atomic E-state index is 0.00609. The third kappa shape index (κ3) is 4.62. The van der Waals surface area contributed by atoms with E-state index < -0.39 is 0 Å². The molecular weight excluding hydrogens is 224 g/mol. The first-order valence-electron chi connectivity index (χ1n) is 6.25. The van der Waals surface area contributed by atoms with Crippen LogP contribution in [0.3, 0.4) is 0 Å². The predicted octanol–water partition coefficient (Wildman–Crippen LogP) is 2.55. The van der Waals surface area contributed by atoms with Crippen LogP contribution in [-0.4, -0.2) is 19.0 Å². The summed E-state index contributed by atoms with van der Waals surface area (Å²) in [6.07, 6.45) is 0.892. The minimum Gasteiger partial charge on any atom is -0.389 e. The molecule has 0 radical (unpaired) electrons. The molecule has 0 heterocycles. The number of rotatable bonds is 6. The Morgan fingerprint density at radius 1 is 1.17 bits per heavy atom. The molecule has 1 aromatic rings. The molecule has 0 aromatic heterocycles. The first-order valence-corrected chi connectivity index (χ1v) is 6.25. The molecule has 2 N–H and O–H groups in total. The molecule has 18 heavy (non-hydrogen) atoms. The highest BCUT2D eigenvalue weighted by molar-refractivity contribution is 5.94. The van der Waals surface area contributed by atoms with Crippen molar-refractivity contribution in [1.29, 1.82) is 0 Å². The number of benzene rings is 1. The van der Waals surface area contributed by atoms with Crippen molar-refractivity contribution in [3.8, 4) is 0 Å². The van der Waals surface area contributed by atoms with Gasteiger partial charge in [-0.2, -0.15) is 0 Å². The van der Waals surface area contributed by atoms with E-state index in [0.29, 0.717) is 6.54 Å². The second-order valence-electron chi connectivity index (χ2n) is 4.62. The van der Waals surface area contributed by atoms with Gasteiger partial charge in [0.15, 0.2) is 0 Å². The summed E-state index contributed by atoms with van der Waals surface area (Å²) >= 11 is 0. The zero-order chi connectivity index (χ0) is 13.5. The van der Waals surface area contributed by atoms with Gasteiger partial charge in [0.1, 0.15) is 0 Å². The summed E-state index contributed by atoms with van der Waals surface area (Å²) < 4.78 is 0. The molecule has 98 valence electrons. The van der Waals surface area contributed by atoms with Crippen LogP contribution >= 0.6 is 0 Å². The van der Waals surface area contributed by atoms with Gasteiger partial charge in [0.05, 0.1) is 0 Å². The molecule has 0 aliphatic rings. The quantitative estimate of drug-likeness (QED) is 0.757. The molecule has 0 unspecified atom stereocenters. The van der Waals surface area contributed by atoms with E-state index in [2.05, 4.69) is 17.2 Å². The molecule has 0 saturated carbocycles. The van der Waals surface area contributed by atoms with E-state index in [9.17, 15) is 4.79 Å². The van der Waals surface area contributed by atoms with Crippen molar-refractivity contribution >= 4 is 5.91 Å². The lowest BCUT2D eigenvalue weighted by molar-refractivity contribution is 0.0953. The Hall–Kier alpha value is -1.77. The van der Waals surface area contributed by atoms with Crippen LogP contribution in [0.25, 0.3) is 0 Å². The zero-order valence-corrected chi connectivity index (χ0v) is 11.5. The molecule has 1 amide bonds. The highest BCUT2D eigenvalue weighted by Gasteiger charge is 2.05. The van der Waals surface area contributed by atoms with E-state index in [0.717, 1.165) is 29.8 Å². The molecular formula is C15H22N2O. The van der Waals surface area contributed by atoms with Gasteiger partial charge in [0.25, 0.3) is 5.91 Å². The van der Waals surface area contributed by atoms with Crippen LogP contribution < -0.4 is 10.6 Å². The smallest absolute Gasteiger partial charge is 0.251 e. The highest BCUT2D eigenvalue weighted by Crippen LogP contribution is 2.09. The monoisotopic (exact) mass is 246 g/mol. The van der Waals surface area contributed by atoms with E-state index in [1.54, 1.807) is 0 Å². The summed E-state index contributed by atoms with van der Waals surface area (Å²) in [6.45, 7) is 11.2. The van der Waals surface area contributed by atoms with Gasteiger partial charge in [0, 0.05) is 24.4 Å². The number of hydrogen-bond donors (Lipinski definition) is 2. The SMILES string of the molecule is C=C(C)NCCCNC(=O)c1ccc(C)c(C)c1. The Labute approximate surface area is 109 Å². The molecule has 0 bridgehead atoms. The number of allylic oxidation sites excluding steroid dienone is 1. The maximum absolute atomic E-state index is 11.9. The third-order valence-corrected chi connectivity index (χ3v) is 2.83. The Morgan fingerprint density at radius 3 is 2.44 bits per heavy atom. The van der Waals surface area contributed by atoms with Crippen molar-refractivity contribution in [2.45, 2.75) is 27.2 Å². The molecule has 1 rings (SSSR count). The normalized spacial score (nSPS) is 9.94. The number of carbonyl (C=O) groups is 1. The van der Waals surface area contributed by atoms with Gasteiger partial charge in [-0.05, 0) is 50.5 Å². The predicted molar refractivity (Wildman–Crippen MR) is 75.7 cm³/mol. The van der Waals surface area contributed by atoms with E-state index in [-0.39, 0.29) is 5.91 Å². The van der Waals surface area contributed by atoms with E-state index >= 15 is 0 Å². The van der Waals surface area contributed by atoms with Crippen molar-refractivity contribution in [1.82, 2.24) is 10.6 Å². The fraction of sp³-hybridized carbons (Fsp3) is 0.400. The van der Waals surface area contributed by atoms with Crippen molar-refractivity contribution in [3.63, 3.8) is 0 Å². The largest absolute Gasteiger partial charge is 0.389 e. The van der Waals surface area contributed by atoms with Gasteiger partial charge in [-0.25, -0.2) is 0 Å². The van der Waals surface area contributed by atoms with Crippen LogP contribution in [0.5, 0.6) is 0 Å². The molecule has 0 atom stereocenters. The Balaban J connectivity index is 2.36. The Kier molecular flexibility index (Phi) is 5.43. The summed E-state index contributed by atoms with van der Waals surface area (Å²) in [5.41, 5.74) is 4.03. The molecule has 1 aromatic carbocycles. The van der Waals surface area contributed by atoms with Gasteiger partial charge in [0.2, 0.25) is 0 Å². The fourth-order valence-corrected chi connectivity index (χ4v) is 1.58. The minimum atomic E-state index is -0.00609. The van der Waals surface area contributed by atoms with Crippen LogP contribution in [0, 0.1) is 13.8 Å². The van der Waals surface area contributed by atoms with Crippen LogP contribution in [-0.2, 0) is 0 Å². The average Bonchev–Trinajstić information content (AvgIpc) is 2.31. The second-order valence-corrected chi connectivity index (χ2v) is 4.62.